The highest BCUT2D eigenvalue weighted by Crippen LogP contribution is 2.40. The van der Waals surface area contributed by atoms with Crippen LogP contribution in [0.1, 0.15) is 68.8 Å². The van der Waals surface area contributed by atoms with Gasteiger partial charge in [0.25, 0.3) is 0 Å². The van der Waals surface area contributed by atoms with Gasteiger partial charge in [-0.25, -0.2) is 4.68 Å². The normalized spacial score (nSPS) is 23.0. The molecule has 0 radical (unpaired) electrons. The molecule has 3 aliphatic rings. The first-order valence-electron chi connectivity index (χ1n) is 13.7. The van der Waals surface area contributed by atoms with Crippen molar-refractivity contribution in [2.45, 2.75) is 77.6 Å². The van der Waals surface area contributed by atoms with Crippen LogP contribution in [-0.4, -0.2) is 81.8 Å². The van der Waals surface area contributed by atoms with Gasteiger partial charge in [0, 0.05) is 50.4 Å². The topological polar surface area (TPSA) is 113 Å². The maximum atomic E-state index is 13.9. The number of hydrogen-bond acceptors (Lipinski definition) is 7. The molecule has 0 unspecified atom stereocenters. The van der Waals surface area contributed by atoms with E-state index in [-0.39, 0.29) is 24.8 Å². The summed E-state index contributed by atoms with van der Waals surface area (Å²) in [6.45, 7) is 11.5. The summed E-state index contributed by atoms with van der Waals surface area (Å²) in [5.41, 5.74) is 3.72. The van der Waals surface area contributed by atoms with Crippen molar-refractivity contribution in [2.24, 2.45) is 5.41 Å². The van der Waals surface area contributed by atoms with Crippen molar-refractivity contribution in [3.8, 4) is 0 Å². The van der Waals surface area contributed by atoms with Gasteiger partial charge >= 0.3 is 0 Å². The number of aryl methyl sites for hydroxylation is 1. The molecule has 38 heavy (non-hydrogen) atoms. The zero-order valence-electron chi connectivity index (χ0n) is 22.9. The Labute approximate surface area is 224 Å². The molecule has 3 fully saturated rings. The van der Waals surface area contributed by atoms with Crippen LogP contribution in [-0.2, 0) is 20.9 Å². The molecule has 10 nitrogen and oxygen atoms in total. The number of carbonyl (C=O) groups is 2. The molecule has 2 saturated heterocycles. The van der Waals surface area contributed by atoms with Crippen LogP contribution in [0.2, 0.25) is 0 Å². The molecular weight excluding hydrogens is 484 g/mol. The molecule has 10 heteroatoms. The second-order valence-corrected chi connectivity index (χ2v) is 12.0. The smallest absolute Gasteiger partial charge is 0.248 e. The molecule has 2 aliphatic heterocycles. The molecule has 1 saturated carbocycles. The van der Waals surface area contributed by atoms with Gasteiger partial charge < -0.3 is 25.0 Å². The Morgan fingerprint density at radius 2 is 1.95 bits per heavy atom. The van der Waals surface area contributed by atoms with E-state index in [9.17, 15) is 14.7 Å². The van der Waals surface area contributed by atoms with Crippen LogP contribution in [0.5, 0.6) is 0 Å². The fourth-order valence-electron chi connectivity index (χ4n) is 5.55. The molecule has 206 valence electrons. The van der Waals surface area contributed by atoms with Crippen LogP contribution in [0.4, 0.5) is 5.69 Å². The minimum atomic E-state index is -0.753. The number of anilines is 1. The fourth-order valence-corrected chi connectivity index (χ4v) is 5.55. The van der Waals surface area contributed by atoms with Gasteiger partial charge in [0.1, 0.15) is 12.1 Å². The number of nitrogens with zero attached hydrogens (tertiary/aromatic N) is 5. The fraction of sp³-hybridized carbons (Fsp3) is 0.643. The first-order valence-corrected chi connectivity index (χ1v) is 13.7. The molecule has 0 bridgehead atoms. The molecule has 1 aromatic heterocycles. The molecule has 5 rings (SSSR count). The minimum Gasteiger partial charge on any atom is -0.391 e. The van der Waals surface area contributed by atoms with Crippen molar-refractivity contribution < 1.29 is 19.4 Å². The van der Waals surface area contributed by atoms with E-state index >= 15 is 0 Å². The van der Waals surface area contributed by atoms with Crippen LogP contribution in [0, 0.1) is 12.3 Å². The number of benzene rings is 1. The number of nitrogens with one attached hydrogen (secondary N) is 1. The zero-order valence-corrected chi connectivity index (χ0v) is 22.9. The van der Waals surface area contributed by atoms with Gasteiger partial charge in [0.15, 0.2) is 0 Å². The van der Waals surface area contributed by atoms with Crippen LogP contribution in [0.15, 0.2) is 24.4 Å². The lowest BCUT2D eigenvalue weighted by Crippen LogP contribution is -2.50. The van der Waals surface area contributed by atoms with Crippen LogP contribution in [0.25, 0.3) is 0 Å². The average Bonchev–Trinajstić information content (AvgIpc) is 3.49. The predicted octanol–water partition coefficient (Wildman–Crippen LogP) is 2.17. The lowest BCUT2D eigenvalue weighted by molar-refractivity contribution is -0.144. The molecule has 1 aromatic carbocycles. The van der Waals surface area contributed by atoms with Crippen molar-refractivity contribution in [3.63, 3.8) is 0 Å². The van der Waals surface area contributed by atoms with Crippen LogP contribution in [0.3, 0.4) is 0 Å². The van der Waals surface area contributed by atoms with E-state index < -0.39 is 23.6 Å². The zero-order chi connectivity index (χ0) is 27.0. The third-order valence-corrected chi connectivity index (χ3v) is 7.75. The van der Waals surface area contributed by atoms with E-state index in [0.717, 1.165) is 48.4 Å². The molecule has 3 atom stereocenters. The van der Waals surface area contributed by atoms with Crippen molar-refractivity contribution >= 4 is 17.5 Å². The maximum Gasteiger partial charge on any atom is 0.248 e. The monoisotopic (exact) mass is 524 g/mol. The largest absolute Gasteiger partial charge is 0.391 e. The van der Waals surface area contributed by atoms with Crippen molar-refractivity contribution in [2.75, 3.05) is 37.7 Å². The summed E-state index contributed by atoms with van der Waals surface area (Å²) in [6.07, 6.45) is 3.53. The number of aliphatic hydroxyl groups excluding tert-OH is 1. The lowest BCUT2D eigenvalue weighted by atomic mass is 9.85. The molecule has 3 heterocycles. The molecule has 2 amide bonds. The van der Waals surface area contributed by atoms with Gasteiger partial charge in [0.2, 0.25) is 11.8 Å². The summed E-state index contributed by atoms with van der Waals surface area (Å²) < 4.78 is 7.16. The quantitative estimate of drug-likeness (QED) is 0.571. The van der Waals surface area contributed by atoms with Crippen molar-refractivity contribution in [1.29, 1.82) is 0 Å². The number of rotatable bonds is 7. The third-order valence-electron chi connectivity index (χ3n) is 7.75. The molecular formula is C28H40N6O4. The van der Waals surface area contributed by atoms with Gasteiger partial charge in [0.05, 0.1) is 25.0 Å². The Balaban J connectivity index is 1.32. The number of β-amino-alcohol motifs (C(OH)–C–C–N with tert-alkyl or cyclic N) is 1. The highest BCUT2D eigenvalue weighted by molar-refractivity contribution is 5.90. The summed E-state index contributed by atoms with van der Waals surface area (Å²) in [6, 6.07) is 4.86. The Bertz CT molecular complexity index is 1160. The molecule has 2 N–H and O–H groups in total. The summed E-state index contributed by atoms with van der Waals surface area (Å²) in [4.78, 5) is 31.2. The number of amides is 2. The summed E-state index contributed by atoms with van der Waals surface area (Å²) in [7, 11) is 0. The standard InChI is InChI=1S/C28H40N6O4/c1-18-5-6-20(23(13-18)32-9-11-38-12-10-32)15-29-26(36)24-14-21(35)16-33(24)27(37)25(28(2,3)4)34-17-22(30-31-34)19-7-8-19/h5-6,13,17,19,21,24-25,35H,7-12,14-16H2,1-4H3,(H,29,36)/t21-,24+,25-/m1/s1. The highest BCUT2D eigenvalue weighted by Gasteiger charge is 2.45. The second kappa shape index (κ2) is 10.6. The number of ether oxygens (including phenoxy) is 1. The molecule has 0 spiro atoms. The SMILES string of the molecule is Cc1ccc(CNC(=O)[C@@H]2C[C@@H](O)CN2C(=O)[C@@H](n2cc(C3CC3)nn2)C(C)(C)C)c(N2CCOCC2)c1. The summed E-state index contributed by atoms with van der Waals surface area (Å²) >= 11 is 0. The predicted molar refractivity (Wildman–Crippen MR) is 143 cm³/mol. The summed E-state index contributed by atoms with van der Waals surface area (Å²) in [5.74, 6) is -0.0464. The van der Waals surface area contributed by atoms with E-state index in [2.05, 4.69) is 33.5 Å². The number of hydrogen-bond donors (Lipinski definition) is 2. The number of likely N-dealkylation sites (tertiary alicyclic amines) is 1. The minimum absolute atomic E-state index is 0.122. The Morgan fingerprint density at radius 1 is 1.21 bits per heavy atom. The first kappa shape index (κ1) is 26.6. The Morgan fingerprint density at radius 3 is 2.63 bits per heavy atom. The maximum absolute atomic E-state index is 13.9. The van der Waals surface area contributed by atoms with Crippen molar-refractivity contribution in [3.05, 3.63) is 41.2 Å². The molecule has 1 aliphatic carbocycles. The van der Waals surface area contributed by atoms with E-state index in [1.807, 2.05) is 39.1 Å². The number of aliphatic hydroxyl groups is 1. The van der Waals surface area contributed by atoms with Gasteiger partial charge in [-0.15, -0.1) is 5.10 Å². The number of morpholine rings is 1. The number of carbonyl (C=O) groups excluding carboxylic acids is 2. The van der Waals surface area contributed by atoms with Gasteiger partial charge in [-0.3, -0.25) is 9.59 Å². The summed E-state index contributed by atoms with van der Waals surface area (Å²) in [5, 5.41) is 22.2. The number of aromatic nitrogens is 3. The first-order chi connectivity index (χ1) is 18.1. The Hall–Kier alpha value is -2.98. The average molecular weight is 525 g/mol. The lowest BCUT2D eigenvalue weighted by Gasteiger charge is -2.34. The van der Waals surface area contributed by atoms with E-state index in [1.54, 1.807) is 4.68 Å². The van der Waals surface area contributed by atoms with E-state index in [4.69, 9.17) is 4.74 Å². The third kappa shape index (κ3) is 5.71. The highest BCUT2D eigenvalue weighted by atomic mass is 16.5. The second-order valence-electron chi connectivity index (χ2n) is 12.0. The Kier molecular flexibility index (Phi) is 7.46. The van der Waals surface area contributed by atoms with Crippen molar-refractivity contribution in [1.82, 2.24) is 25.2 Å². The van der Waals surface area contributed by atoms with E-state index in [1.165, 1.54) is 4.90 Å². The molecule has 2 aromatic rings. The van der Waals surface area contributed by atoms with Gasteiger partial charge in [-0.05, 0) is 42.4 Å². The van der Waals surface area contributed by atoms with Gasteiger partial charge in [-0.1, -0.05) is 38.1 Å². The van der Waals surface area contributed by atoms with Gasteiger partial charge in [-0.2, -0.15) is 0 Å². The van der Waals surface area contributed by atoms with Crippen LogP contribution >= 0.6 is 0 Å². The van der Waals surface area contributed by atoms with Crippen LogP contribution < -0.4 is 10.2 Å². The van der Waals surface area contributed by atoms with E-state index in [0.29, 0.717) is 25.7 Å².